The van der Waals surface area contributed by atoms with Crippen molar-refractivity contribution in [3.8, 4) is 16.9 Å². The molecule has 27 heavy (non-hydrogen) atoms. The second-order valence-corrected chi connectivity index (χ2v) is 6.90. The van der Waals surface area contributed by atoms with Gasteiger partial charge in [-0.25, -0.2) is 4.39 Å². The Labute approximate surface area is 158 Å². The van der Waals surface area contributed by atoms with Gasteiger partial charge in [0.25, 0.3) is 5.91 Å². The average Bonchev–Trinajstić information content (AvgIpc) is 3.12. The van der Waals surface area contributed by atoms with Crippen LogP contribution in [0.1, 0.15) is 16.8 Å². The minimum absolute atomic E-state index is 0.124. The topological polar surface area (TPSA) is 61.8 Å². The molecular weight excluding hydrogens is 347 g/mol. The third-order valence-electron chi connectivity index (χ3n) is 4.92. The quantitative estimate of drug-likeness (QED) is 0.785. The van der Waals surface area contributed by atoms with Gasteiger partial charge < -0.3 is 20.1 Å². The molecule has 6 heteroatoms. The van der Waals surface area contributed by atoms with Crippen molar-refractivity contribution >= 4 is 5.91 Å². The van der Waals surface area contributed by atoms with Crippen LogP contribution in [0.5, 0.6) is 5.75 Å². The Bertz CT molecular complexity index is 797. The van der Waals surface area contributed by atoms with Gasteiger partial charge >= 0.3 is 0 Å². The van der Waals surface area contributed by atoms with Crippen molar-refractivity contribution in [3.05, 3.63) is 53.8 Å². The Balaban J connectivity index is 1.59. The number of halogens is 1. The van der Waals surface area contributed by atoms with Gasteiger partial charge in [-0.3, -0.25) is 4.79 Å². The van der Waals surface area contributed by atoms with Gasteiger partial charge in [-0.15, -0.1) is 0 Å². The normalized spacial score (nSPS) is 17.2. The number of rotatable bonds is 7. The van der Waals surface area contributed by atoms with E-state index in [4.69, 9.17) is 4.74 Å². The summed E-state index contributed by atoms with van der Waals surface area (Å²) in [5.41, 5.74) is 1.45. The summed E-state index contributed by atoms with van der Waals surface area (Å²) in [5, 5.41) is 12.3. The number of carbonyl (C=O) groups is 1. The first-order valence-electron chi connectivity index (χ1n) is 9.15. The lowest BCUT2D eigenvalue weighted by Gasteiger charge is -2.15. The third-order valence-corrected chi connectivity index (χ3v) is 4.92. The fraction of sp³-hybridized carbons (Fsp3) is 0.381. The molecule has 2 N–H and O–H groups in total. The summed E-state index contributed by atoms with van der Waals surface area (Å²) in [5.74, 6) is -0.370. The Kier molecular flexibility index (Phi) is 6.42. The van der Waals surface area contributed by atoms with Crippen LogP contribution in [0.4, 0.5) is 4.39 Å². The number of benzene rings is 2. The molecule has 2 aromatic rings. The van der Waals surface area contributed by atoms with E-state index in [1.807, 2.05) is 0 Å². The van der Waals surface area contributed by atoms with Gasteiger partial charge in [-0.1, -0.05) is 12.1 Å². The van der Waals surface area contributed by atoms with E-state index in [-0.39, 0.29) is 11.7 Å². The van der Waals surface area contributed by atoms with E-state index in [1.165, 1.54) is 12.1 Å². The fourth-order valence-corrected chi connectivity index (χ4v) is 3.41. The molecule has 1 amide bonds. The molecule has 0 spiro atoms. The van der Waals surface area contributed by atoms with E-state index in [0.717, 1.165) is 38.7 Å². The second-order valence-electron chi connectivity index (χ2n) is 6.90. The first-order valence-corrected chi connectivity index (χ1v) is 9.15. The van der Waals surface area contributed by atoms with Gasteiger partial charge in [-0.05, 0) is 48.7 Å². The van der Waals surface area contributed by atoms with Crippen LogP contribution in [0.15, 0.2) is 42.5 Å². The number of likely N-dealkylation sites (tertiary alicyclic amines) is 1. The molecule has 3 rings (SSSR count). The number of hydrogen-bond acceptors (Lipinski definition) is 4. The van der Waals surface area contributed by atoms with Crippen molar-refractivity contribution in [2.75, 3.05) is 39.9 Å². The molecule has 1 atom stereocenters. The molecule has 0 aromatic heterocycles. The number of hydrogen-bond donors (Lipinski definition) is 2. The van der Waals surface area contributed by atoms with Gasteiger partial charge in [0.05, 0.1) is 6.61 Å². The van der Waals surface area contributed by atoms with E-state index in [0.29, 0.717) is 29.2 Å². The number of methoxy groups -OCH3 is 1. The summed E-state index contributed by atoms with van der Waals surface area (Å²) in [4.78, 5) is 14.8. The number of nitrogens with one attached hydrogen (secondary N) is 1. The van der Waals surface area contributed by atoms with E-state index in [9.17, 15) is 14.3 Å². The molecule has 144 valence electrons. The lowest BCUT2D eigenvalue weighted by atomic mass is 10.0. The predicted molar refractivity (Wildman–Crippen MR) is 102 cm³/mol. The van der Waals surface area contributed by atoms with Crippen LogP contribution >= 0.6 is 0 Å². The molecule has 2 aromatic carbocycles. The maximum atomic E-state index is 14.1. The Hall–Kier alpha value is -2.44. The highest BCUT2D eigenvalue weighted by Gasteiger charge is 2.22. The van der Waals surface area contributed by atoms with Crippen molar-refractivity contribution < 1.29 is 19.0 Å². The summed E-state index contributed by atoms with van der Waals surface area (Å²) in [6.45, 7) is 4.25. The minimum atomic E-state index is -0.519. The van der Waals surface area contributed by atoms with Crippen LogP contribution in [0.3, 0.4) is 0 Å². The van der Waals surface area contributed by atoms with Crippen molar-refractivity contribution in [2.24, 2.45) is 5.92 Å². The zero-order valence-corrected chi connectivity index (χ0v) is 15.5. The molecule has 0 aliphatic carbocycles. The van der Waals surface area contributed by atoms with E-state index in [1.54, 1.807) is 31.4 Å². The van der Waals surface area contributed by atoms with E-state index in [2.05, 4.69) is 10.2 Å². The monoisotopic (exact) mass is 372 g/mol. The van der Waals surface area contributed by atoms with Gasteiger partial charge in [0.2, 0.25) is 0 Å². The van der Waals surface area contributed by atoms with Gasteiger partial charge in [0.1, 0.15) is 11.6 Å². The lowest BCUT2D eigenvalue weighted by Crippen LogP contribution is -2.31. The standard InChI is InChI=1S/C21H25FN2O3/c1-27-10-9-24-8-7-15(14-24)13-23-21(26)17-4-2-3-16(11-17)19-6-5-18(25)12-20(19)22/h2-6,11-12,15,25H,7-10,13-14H2,1H3,(H,23,26)/t15-/m1/s1. The molecular formula is C21H25FN2O3. The number of carbonyl (C=O) groups excluding carboxylic acids is 1. The predicted octanol–water partition coefficient (Wildman–Crippen LogP) is 2.90. The highest BCUT2D eigenvalue weighted by Crippen LogP contribution is 2.26. The summed E-state index contributed by atoms with van der Waals surface area (Å²) in [6, 6.07) is 10.9. The first-order chi connectivity index (χ1) is 13.1. The second kappa shape index (κ2) is 8.97. The molecule has 1 saturated heterocycles. The summed E-state index contributed by atoms with van der Waals surface area (Å²) < 4.78 is 19.2. The molecule has 1 heterocycles. The zero-order chi connectivity index (χ0) is 19.2. The molecule has 1 aliphatic rings. The number of nitrogens with zero attached hydrogens (tertiary/aromatic N) is 1. The minimum Gasteiger partial charge on any atom is -0.508 e. The first kappa shape index (κ1) is 19.3. The van der Waals surface area contributed by atoms with Crippen LogP contribution in [-0.2, 0) is 4.74 Å². The number of amides is 1. The summed E-state index contributed by atoms with van der Waals surface area (Å²) >= 11 is 0. The van der Waals surface area contributed by atoms with Crippen LogP contribution in [-0.4, -0.2) is 55.8 Å². The zero-order valence-electron chi connectivity index (χ0n) is 15.5. The van der Waals surface area contributed by atoms with Crippen LogP contribution in [0.25, 0.3) is 11.1 Å². The molecule has 0 bridgehead atoms. The summed E-state index contributed by atoms with van der Waals surface area (Å²) in [6.07, 6.45) is 1.06. The van der Waals surface area contributed by atoms with Gasteiger partial charge in [0.15, 0.2) is 0 Å². The van der Waals surface area contributed by atoms with Crippen molar-refractivity contribution in [3.63, 3.8) is 0 Å². The lowest BCUT2D eigenvalue weighted by molar-refractivity contribution is 0.0946. The number of ether oxygens (including phenoxy) is 1. The third kappa shape index (κ3) is 5.05. The number of aromatic hydroxyl groups is 1. The molecule has 0 saturated carbocycles. The van der Waals surface area contributed by atoms with Gasteiger partial charge in [-0.2, -0.15) is 0 Å². The molecule has 5 nitrogen and oxygen atoms in total. The van der Waals surface area contributed by atoms with Crippen molar-refractivity contribution in [1.82, 2.24) is 10.2 Å². The van der Waals surface area contributed by atoms with E-state index >= 15 is 0 Å². The van der Waals surface area contributed by atoms with E-state index < -0.39 is 5.82 Å². The number of phenolic OH excluding ortho intramolecular Hbond substituents is 1. The smallest absolute Gasteiger partial charge is 0.251 e. The SMILES string of the molecule is COCCN1CC[C@H](CNC(=O)c2cccc(-c3ccc(O)cc3F)c2)C1. The highest BCUT2D eigenvalue weighted by molar-refractivity contribution is 5.95. The van der Waals surface area contributed by atoms with Crippen LogP contribution < -0.4 is 5.32 Å². The van der Waals surface area contributed by atoms with Crippen LogP contribution in [0.2, 0.25) is 0 Å². The molecule has 0 radical (unpaired) electrons. The Morgan fingerprint density at radius 3 is 2.96 bits per heavy atom. The molecule has 1 aliphatic heterocycles. The fourth-order valence-electron chi connectivity index (χ4n) is 3.41. The molecule has 1 fully saturated rings. The average molecular weight is 372 g/mol. The molecule has 0 unspecified atom stereocenters. The number of phenols is 1. The highest BCUT2D eigenvalue weighted by atomic mass is 19.1. The van der Waals surface area contributed by atoms with Gasteiger partial charge in [0, 0.05) is 43.9 Å². The van der Waals surface area contributed by atoms with Crippen molar-refractivity contribution in [2.45, 2.75) is 6.42 Å². The van der Waals surface area contributed by atoms with Crippen LogP contribution in [0, 0.1) is 11.7 Å². The Morgan fingerprint density at radius 2 is 2.19 bits per heavy atom. The maximum absolute atomic E-state index is 14.1. The largest absolute Gasteiger partial charge is 0.508 e. The summed E-state index contributed by atoms with van der Waals surface area (Å²) in [7, 11) is 1.70. The van der Waals surface area contributed by atoms with Crippen molar-refractivity contribution in [1.29, 1.82) is 0 Å². The maximum Gasteiger partial charge on any atom is 0.251 e. The Morgan fingerprint density at radius 1 is 1.33 bits per heavy atom.